The van der Waals surface area contributed by atoms with Gasteiger partial charge in [0, 0.05) is 15.5 Å². The van der Waals surface area contributed by atoms with Crippen LogP contribution in [0.5, 0.6) is 0 Å². The van der Waals surface area contributed by atoms with Crippen LogP contribution in [0.4, 0.5) is 10.5 Å². The van der Waals surface area contributed by atoms with Crippen molar-refractivity contribution in [2.45, 2.75) is 26.3 Å². The fraction of sp³-hybridized carbons (Fsp3) is 0.385. The number of amides is 2. The fourth-order valence-corrected chi connectivity index (χ4v) is 2.39. The maximum atomic E-state index is 12.3. The summed E-state index contributed by atoms with van der Waals surface area (Å²) in [6.45, 7) is 5.01. The van der Waals surface area contributed by atoms with Gasteiger partial charge in [0.2, 0.25) is 0 Å². The molecule has 7 heteroatoms. The molecule has 5 nitrogen and oxygen atoms in total. The van der Waals surface area contributed by atoms with Crippen LogP contribution in [0.15, 0.2) is 27.1 Å². The number of halogens is 2. The van der Waals surface area contributed by atoms with E-state index in [2.05, 4.69) is 37.2 Å². The highest BCUT2D eigenvalue weighted by atomic mass is 79.9. The number of nitrogens with zero attached hydrogens (tertiary/aromatic N) is 1. The highest BCUT2D eigenvalue weighted by Crippen LogP contribution is 2.27. The number of likely N-dealkylation sites (N-methyl/N-ethyl adjacent to an activating group) is 1. The number of anilines is 1. The summed E-state index contributed by atoms with van der Waals surface area (Å²) in [6, 6.07) is 4.90. The van der Waals surface area contributed by atoms with Crippen molar-refractivity contribution in [2.75, 3.05) is 11.9 Å². The van der Waals surface area contributed by atoms with Crippen molar-refractivity contribution < 1.29 is 14.7 Å². The third-order valence-corrected chi connectivity index (χ3v) is 4.11. The van der Waals surface area contributed by atoms with Gasteiger partial charge in [-0.1, -0.05) is 15.9 Å². The van der Waals surface area contributed by atoms with Gasteiger partial charge in [-0.15, -0.1) is 0 Å². The number of rotatable bonds is 4. The monoisotopic (exact) mass is 406 g/mol. The van der Waals surface area contributed by atoms with Gasteiger partial charge in [-0.25, -0.2) is 9.59 Å². The number of carbonyl (C=O) groups excluding carboxylic acids is 1. The SMILES string of the molecule is CCN(C(=O)Nc1cc(Br)ccc1Br)C(C)(C)C(=O)O. The molecule has 0 unspecified atom stereocenters. The van der Waals surface area contributed by atoms with Gasteiger partial charge in [0.25, 0.3) is 0 Å². The summed E-state index contributed by atoms with van der Waals surface area (Å²) in [4.78, 5) is 24.8. The van der Waals surface area contributed by atoms with E-state index in [9.17, 15) is 14.7 Å². The first-order valence-corrected chi connectivity index (χ1v) is 7.55. The van der Waals surface area contributed by atoms with Gasteiger partial charge in [0.15, 0.2) is 0 Å². The first-order chi connectivity index (χ1) is 9.20. The standard InChI is InChI=1S/C13H16Br2N2O3/c1-4-17(13(2,3)11(18)19)12(20)16-10-7-8(14)5-6-9(10)15/h5-7H,4H2,1-3H3,(H,16,20)(H,18,19). The van der Waals surface area contributed by atoms with Crippen molar-refractivity contribution in [3.05, 3.63) is 27.1 Å². The molecule has 0 saturated heterocycles. The molecule has 0 spiro atoms. The first-order valence-electron chi connectivity index (χ1n) is 5.97. The van der Waals surface area contributed by atoms with Crippen molar-refractivity contribution in [3.8, 4) is 0 Å². The molecule has 1 aromatic carbocycles. The molecule has 0 heterocycles. The smallest absolute Gasteiger partial charge is 0.329 e. The number of benzene rings is 1. The average Bonchev–Trinajstić information content (AvgIpc) is 2.34. The van der Waals surface area contributed by atoms with E-state index in [4.69, 9.17) is 0 Å². The Morgan fingerprint density at radius 1 is 1.35 bits per heavy atom. The molecule has 2 N–H and O–H groups in total. The summed E-state index contributed by atoms with van der Waals surface area (Å²) in [6.07, 6.45) is 0. The molecule has 0 aliphatic heterocycles. The second-order valence-corrected chi connectivity index (χ2v) is 6.43. The molecule has 0 radical (unpaired) electrons. The number of nitrogens with one attached hydrogen (secondary N) is 1. The molecule has 1 rings (SSSR count). The third kappa shape index (κ3) is 3.73. The summed E-state index contributed by atoms with van der Waals surface area (Å²) < 4.78 is 1.54. The van der Waals surface area contributed by atoms with E-state index >= 15 is 0 Å². The predicted octanol–water partition coefficient (Wildman–Crippen LogP) is 3.93. The van der Waals surface area contributed by atoms with Crippen molar-refractivity contribution >= 4 is 49.5 Å². The summed E-state index contributed by atoms with van der Waals surface area (Å²) >= 11 is 6.66. The number of carboxylic acid groups (broad SMARTS) is 1. The minimum atomic E-state index is -1.28. The Labute approximate surface area is 134 Å². The lowest BCUT2D eigenvalue weighted by Crippen LogP contribution is -2.54. The second kappa shape index (κ2) is 6.58. The lowest BCUT2D eigenvalue weighted by Gasteiger charge is -2.34. The van der Waals surface area contributed by atoms with Gasteiger partial charge in [-0.2, -0.15) is 0 Å². The van der Waals surface area contributed by atoms with Crippen molar-refractivity contribution in [2.24, 2.45) is 0 Å². The van der Waals surface area contributed by atoms with Crippen molar-refractivity contribution in [1.29, 1.82) is 0 Å². The van der Waals surface area contributed by atoms with E-state index in [1.54, 1.807) is 19.1 Å². The minimum Gasteiger partial charge on any atom is -0.480 e. The number of carbonyl (C=O) groups is 2. The van der Waals surface area contributed by atoms with Gasteiger partial charge in [-0.05, 0) is 54.9 Å². The highest BCUT2D eigenvalue weighted by Gasteiger charge is 2.37. The molecule has 110 valence electrons. The molecule has 0 aromatic heterocycles. The normalized spacial score (nSPS) is 11.1. The molecule has 0 fully saturated rings. The number of aliphatic carboxylic acids is 1. The van der Waals surface area contributed by atoms with Crippen molar-refractivity contribution in [3.63, 3.8) is 0 Å². The topological polar surface area (TPSA) is 69.6 Å². The molecule has 20 heavy (non-hydrogen) atoms. The number of hydrogen-bond acceptors (Lipinski definition) is 2. The molecule has 0 aliphatic rings. The minimum absolute atomic E-state index is 0.288. The molecule has 0 atom stereocenters. The molecular weight excluding hydrogens is 392 g/mol. The Hall–Kier alpha value is -1.08. The lowest BCUT2D eigenvalue weighted by atomic mass is 10.0. The fourth-order valence-electron chi connectivity index (χ4n) is 1.68. The zero-order chi connectivity index (χ0) is 15.5. The van der Waals surface area contributed by atoms with E-state index < -0.39 is 17.5 Å². The number of carboxylic acids is 1. The van der Waals surface area contributed by atoms with E-state index in [1.165, 1.54) is 18.7 Å². The molecule has 2 amide bonds. The largest absolute Gasteiger partial charge is 0.480 e. The van der Waals surface area contributed by atoms with E-state index in [1.807, 2.05) is 6.07 Å². The Balaban J connectivity index is 2.99. The Morgan fingerprint density at radius 2 is 1.95 bits per heavy atom. The second-order valence-electron chi connectivity index (χ2n) is 4.66. The molecule has 0 bridgehead atoms. The van der Waals surface area contributed by atoms with Crippen LogP contribution in [0, 0.1) is 0 Å². The van der Waals surface area contributed by atoms with Gasteiger partial charge in [0.05, 0.1) is 5.69 Å². The predicted molar refractivity (Wildman–Crippen MR) is 85.0 cm³/mol. The van der Waals surface area contributed by atoms with Crippen LogP contribution in [-0.2, 0) is 4.79 Å². The van der Waals surface area contributed by atoms with Crippen LogP contribution < -0.4 is 5.32 Å². The summed E-state index contributed by atoms with van der Waals surface area (Å²) in [5.41, 5.74) is -0.707. The average molecular weight is 408 g/mol. The third-order valence-electron chi connectivity index (χ3n) is 2.93. The molecule has 1 aromatic rings. The van der Waals surface area contributed by atoms with Crippen LogP contribution in [0.25, 0.3) is 0 Å². The molecule has 0 aliphatic carbocycles. The van der Waals surface area contributed by atoms with Crippen LogP contribution in [0.2, 0.25) is 0 Å². The molecule has 0 saturated carbocycles. The number of hydrogen-bond donors (Lipinski definition) is 2. The Morgan fingerprint density at radius 3 is 2.45 bits per heavy atom. The summed E-state index contributed by atoms with van der Waals surface area (Å²) in [5.74, 6) is -1.05. The lowest BCUT2D eigenvalue weighted by molar-refractivity contribution is -0.147. The van der Waals surface area contributed by atoms with E-state index in [0.29, 0.717) is 5.69 Å². The van der Waals surface area contributed by atoms with Crippen molar-refractivity contribution in [1.82, 2.24) is 4.90 Å². The summed E-state index contributed by atoms with van der Waals surface area (Å²) in [7, 11) is 0. The van der Waals surface area contributed by atoms with Gasteiger partial charge >= 0.3 is 12.0 Å². The van der Waals surface area contributed by atoms with E-state index in [-0.39, 0.29) is 6.54 Å². The maximum absolute atomic E-state index is 12.3. The van der Waals surface area contributed by atoms with Gasteiger partial charge < -0.3 is 15.3 Å². The van der Waals surface area contributed by atoms with Crippen LogP contribution in [0.1, 0.15) is 20.8 Å². The highest BCUT2D eigenvalue weighted by molar-refractivity contribution is 9.11. The summed E-state index contributed by atoms with van der Waals surface area (Å²) in [5, 5.41) is 11.9. The molecular formula is C13H16Br2N2O3. The number of urea groups is 1. The van der Waals surface area contributed by atoms with Crippen LogP contribution in [-0.4, -0.2) is 34.1 Å². The maximum Gasteiger partial charge on any atom is 0.329 e. The quantitative estimate of drug-likeness (QED) is 0.794. The van der Waals surface area contributed by atoms with Crippen LogP contribution in [0.3, 0.4) is 0 Å². The van der Waals surface area contributed by atoms with E-state index in [0.717, 1.165) is 8.95 Å². The Kier molecular flexibility index (Phi) is 5.59. The van der Waals surface area contributed by atoms with Gasteiger partial charge in [-0.3, -0.25) is 0 Å². The Bertz CT molecular complexity index is 532. The first kappa shape index (κ1) is 17.0. The zero-order valence-electron chi connectivity index (χ0n) is 11.4. The van der Waals surface area contributed by atoms with Crippen LogP contribution >= 0.6 is 31.9 Å². The zero-order valence-corrected chi connectivity index (χ0v) is 14.6. The van der Waals surface area contributed by atoms with Gasteiger partial charge in [0.1, 0.15) is 5.54 Å².